The molecule has 2 N–H and O–H groups in total. The van der Waals surface area contributed by atoms with Gasteiger partial charge < -0.3 is 15.4 Å². The average molecular weight is 602 g/mol. The Balaban J connectivity index is 1.31. The Bertz CT molecular complexity index is 1790. The van der Waals surface area contributed by atoms with Crippen molar-refractivity contribution in [3.05, 3.63) is 115 Å². The monoisotopic (exact) mass is 601 g/mol. The fraction of sp³-hybridized carbons (Fsp3) is 0.152. The summed E-state index contributed by atoms with van der Waals surface area (Å²) in [5.41, 5.74) is 1.36. The Morgan fingerprint density at radius 2 is 1.61 bits per heavy atom. The number of hydrogen-bond donors (Lipinski definition) is 2. The zero-order chi connectivity index (χ0) is 30.7. The highest BCUT2D eigenvalue weighted by Crippen LogP contribution is 2.37. The fourth-order valence-corrected chi connectivity index (χ4v) is 5.20. The molecule has 224 valence electrons. The molecule has 0 aliphatic carbocycles. The van der Waals surface area contributed by atoms with Crippen molar-refractivity contribution < 1.29 is 27.1 Å². The first-order chi connectivity index (χ1) is 21.3. The number of ether oxygens (including phenoxy) is 1. The Morgan fingerprint density at radius 1 is 0.841 bits per heavy atom. The second kappa shape index (κ2) is 12.3. The van der Waals surface area contributed by atoms with Crippen LogP contribution < -0.4 is 15.6 Å². The average Bonchev–Trinajstić information content (AvgIpc) is 3.03. The highest BCUT2D eigenvalue weighted by molar-refractivity contribution is 6.04. The number of rotatable bonds is 6. The van der Waals surface area contributed by atoms with Crippen molar-refractivity contribution in [1.82, 2.24) is 9.99 Å². The van der Waals surface area contributed by atoms with Crippen LogP contribution in [0, 0.1) is 5.82 Å². The van der Waals surface area contributed by atoms with Gasteiger partial charge in [0.15, 0.2) is 5.82 Å². The minimum atomic E-state index is -4.68. The van der Waals surface area contributed by atoms with Gasteiger partial charge in [-0.15, -0.1) is 0 Å². The predicted octanol–water partition coefficient (Wildman–Crippen LogP) is 8.09. The lowest BCUT2D eigenvalue weighted by molar-refractivity contribution is -0.137. The highest BCUT2D eigenvalue weighted by Gasteiger charge is 2.31. The van der Waals surface area contributed by atoms with E-state index in [1.54, 1.807) is 24.4 Å². The molecule has 1 aromatic heterocycles. The summed E-state index contributed by atoms with van der Waals surface area (Å²) >= 11 is 0. The van der Waals surface area contributed by atoms with Gasteiger partial charge in [0.1, 0.15) is 5.82 Å². The fourth-order valence-electron chi connectivity index (χ4n) is 5.20. The normalized spacial score (nSPS) is 13.9. The number of fused-ring (bicyclic) bond motifs is 1. The van der Waals surface area contributed by atoms with Crippen molar-refractivity contribution in [1.29, 1.82) is 0 Å². The first-order valence-electron chi connectivity index (χ1n) is 13.9. The van der Waals surface area contributed by atoms with Gasteiger partial charge >= 0.3 is 12.2 Å². The number of hydrazine groups is 1. The minimum absolute atomic E-state index is 0.373. The van der Waals surface area contributed by atoms with Crippen molar-refractivity contribution >= 4 is 39.7 Å². The van der Waals surface area contributed by atoms with Gasteiger partial charge in [0.05, 0.1) is 30.2 Å². The van der Waals surface area contributed by atoms with Gasteiger partial charge in [0.2, 0.25) is 0 Å². The first-order valence-corrected chi connectivity index (χ1v) is 13.9. The number of hydrogen-bond acceptors (Lipinski definition) is 5. The Labute approximate surface area is 250 Å². The van der Waals surface area contributed by atoms with E-state index in [9.17, 15) is 22.4 Å². The van der Waals surface area contributed by atoms with E-state index in [1.165, 1.54) is 0 Å². The van der Waals surface area contributed by atoms with Crippen molar-refractivity contribution in [2.45, 2.75) is 6.18 Å². The van der Waals surface area contributed by atoms with Gasteiger partial charge in [-0.05, 0) is 65.0 Å². The smallest absolute Gasteiger partial charge is 0.379 e. The first kappa shape index (κ1) is 29.1. The molecule has 1 aliphatic rings. The Hall–Kier alpha value is -5.00. The van der Waals surface area contributed by atoms with Gasteiger partial charge in [-0.2, -0.15) is 13.2 Å². The number of anilines is 4. The second-order valence-electron chi connectivity index (χ2n) is 10.1. The van der Waals surface area contributed by atoms with Crippen LogP contribution in [-0.2, 0) is 10.9 Å². The van der Waals surface area contributed by atoms with Gasteiger partial charge in [-0.3, -0.25) is 5.01 Å². The van der Waals surface area contributed by atoms with Crippen molar-refractivity contribution in [3.63, 3.8) is 0 Å². The molecule has 6 rings (SSSR count). The summed E-state index contributed by atoms with van der Waals surface area (Å²) in [4.78, 5) is 17.5. The van der Waals surface area contributed by atoms with Gasteiger partial charge in [-0.25, -0.2) is 19.2 Å². The molecule has 4 aromatic carbocycles. The molecule has 2 amide bonds. The lowest BCUT2D eigenvalue weighted by atomic mass is 9.98. The molecule has 0 bridgehead atoms. The quantitative estimate of drug-likeness (QED) is 0.193. The van der Waals surface area contributed by atoms with Crippen LogP contribution >= 0.6 is 0 Å². The summed E-state index contributed by atoms with van der Waals surface area (Å²) in [7, 11) is 0. The Morgan fingerprint density at radius 3 is 2.39 bits per heavy atom. The van der Waals surface area contributed by atoms with Gasteiger partial charge in [0.25, 0.3) is 0 Å². The maximum Gasteiger partial charge on any atom is 0.416 e. The summed E-state index contributed by atoms with van der Waals surface area (Å²) in [6.07, 6.45) is -2.92. The van der Waals surface area contributed by atoms with Crippen LogP contribution in [0.25, 0.3) is 21.9 Å². The molecule has 1 fully saturated rings. The van der Waals surface area contributed by atoms with Crippen LogP contribution in [0.4, 0.5) is 45.2 Å². The van der Waals surface area contributed by atoms with Gasteiger partial charge in [0, 0.05) is 30.4 Å². The lowest BCUT2D eigenvalue weighted by Gasteiger charge is -2.38. The van der Waals surface area contributed by atoms with Crippen LogP contribution in [0.5, 0.6) is 0 Å². The van der Waals surface area contributed by atoms with E-state index >= 15 is 0 Å². The maximum absolute atomic E-state index is 14.2. The van der Waals surface area contributed by atoms with Crippen LogP contribution in [0.2, 0.25) is 0 Å². The van der Waals surface area contributed by atoms with E-state index in [1.807, 2.05) is 60.7 Å². The number of nitrogens with zero attached hydrogens (tertiary/aromatic N) is 3. The minimum Gasteiger partial charge on any atom is -0.379 e. The third kappa shape index (κ3) is 6.19. The molecular formula is C33H27F4N5O2. The third-order valence-electron chi connectivity index (χ3n) is 7.23. The Kier molecular flexibility index (Phi) is 8.14. The molecule has 1 aliphatic heterocycles. The van der Waals surface area contributed by atoms with E-state index in [4.69, 9.17) is 9.72 Å². The number of aromatic nitrogens is 1. The number of carbonyl (C=O) groups excluding carboxylic acids is 1. The molecule has 0 spiro atoms. The highest BCUT2D eigenvalue weighted by atomic mass is 19.4. The summed E-state index contributed by atoms with van der Waals surface area (Å²) in [6.45, 7) is 2.61. The second-order valence-corrected chi connectivity index (χ2v) is 10.1. The van der Waals surface area contributed by atoms with E-state index in [2.05, 4.69) is 20.7 Å². The number of para-hydroxylation sites is 1. The number of alkyl halides is 3. The molecule has 0 saturated carbocycles. The summed E-state index contributed by atoms with van der Waals surface area (Å²) in [6, 6.07) is 25.8. The summed E-state index contributed by atoms with van der Waals surface area (Å²) < 4.78 is 59.0. The molecule has 7 nitrogen and oxygen atoms in total. The molecule has 0 radical (unpaired) electrons. The van der Waals surface area contributed by atoms with E-state index in [-0.39, 0.29) is 0 Å². The maximum atomic E-state index is 14.2. The van der Waals surface area contributed by atoms with Crippen LogP contribution in [0.3, 0.4) is 0 Å². The van der Waals surface area contributed by atoms with Crippen molar-refractivity contribution in [3.8, 4) is 11.1 Å². The summed E-state index contributed by atoms with van der Waals surface area (Å²) in [5.74, 6) is -0.224. The van der Waals surface area contributed by atoms with E-state index in [0.29, 0.717) is 50.2 Å². The number of pyridine rings is 1. The van der Waals surface area contributed by atoms with Crippen LogP contribution in [-0.4, -0.2) is 42.3 Å². The van der Waals surface area contributed by atoms with Crippen molar-refractivity contribution in [2.24, 2.45) is 0 Å². The third-order valence-corrected chi connectivity index (χ3v) is 7.23. The van der Waals surface area contributed by atoms with Crippen molar-refractivity contribution in [2.75, 3.05) is 41.9 Å². The summed E-state index contributed by atoms with van der Waals surface area (Å²) in [5, 5.41) is 10.9. The zero-order valence-electron chi connectivity index (χ0n) is 23.3. The number of urea groups is 1. The molecule has 0 unspecified atom stereocenters. The number of carbonyl (C=O) groups is 1. The molecular weight excluding hydrogens is 574 g/mol. The van der Waals surface area contributed by atoms with Gasteiger partial charge in [-0.1, -0.05) is 48.5 Å². The topological polar surface area (TPSA) is 69.7 Å². The molecule has 2 heterocycles. The van der Waals surface area contributed by atoms with Crippen LogP contribution in [0.15, 0.2) is 103 Å². The molecule has 1 saturated heterocycles. The predicted molar refractivity (Wildman–Crippen MR) is 162 cm³/mol. The SMILES string of the molecule is O=C(Nc1cccc(-c2cccc3c(N(c4ccccc4)N4CCOCC4)nccc23)c1)Nc1cc(C(F)(F)F)ccc1F. The lowest BCUT2D eigenvalue weighted by Crippen LogP contribution is -2.47. The van der Waals surface area contributed by atoms with E-state index in [0.717, 1.165) is 33.4 Å². The molecule has 44 heavy (non-hydrogen) atoms. The zero-order valence-corrected chi connectivity index (χ0v) is 23.3. The molecule has 11 heteroatoms. The number of morpholine rings is 1. The number of halogens is 4. The standard InChI is InChI=1S/C33H27F4N5O2/c34-29-13-12-23(33(35,36)37)21-30(29)40-32(43)39-24-7-4-6-22(20-24)26-10-5-11-28-27(26)14-15-38-31(28)42(25-8-2-1-3-9-25)41-16-18-44-19-17-41/h1-15,20-21H,16-19H2,(H2,39,40,43). The largest absolute Gasteiger partial charge is 0.416 e. The number of benzene rings is 4. The van der Waals surface area contributed by atoms with Crippen LogP contribution in [0.1, 0.15) is 5.56 Å². The molecule has 0 atom stereocenters. The molecule has 5 aromatic rings. The number of amides is 2. The van der Waals surface area contributed by atoms with E-state index < -0.39 is 29.3 Å². The number of nitrogens with one attached hydrogen (secondary N) is 2.